The number of anilines is 1. The van der Waals surface area contributed by atoms with E-state index in [0.717, 1.165) is 20.9 Å². The Kier molecular flexibility index (Phi) is 4.64. The summed E-state index contributed by atoms with van der Waals surface area (Å²) in [6, 6.07) is 7.82. The smallest absolute Gasteiger partial charge is 0.0455 e. The highest BCUT2D eigenvalue weighted by atomic mass is 31.1. The lowest BCUT2D eigenvalue weighted by Crippen LogP contribution is -2.54. The number of aryl methyl sites for hydroxylation is 1. The molecule has 4 unspecified atom stereocenters. The number of fused-ring (bicyclic) bond motifs is 3. The second-order valence-electron chi connectivity index (χ2n) is 7.23. The average molecular weight is 315 g/mol. The van der Waals surface area contributed by atoms with Gasteiger partial charge in [-0.2, -0.15) is 0 Å². The van der Waals surface area contributed by atoms with Gasteiger partial charge in [0, 0.05) is 23.1 Å². The predicted octanol–water partition coefficient (Wildman–Crippen LogP) is 5.38. The molecule has 1 aromatic rings. The van der Waals surface area contributed by atoms with E-state index in [0.29, 0.717) is 11.2 Å². The highest BCUT2D eigenvalue weighted by molar-refractivity contribution is 7.40. The molecule has 2 heteroatoms. The number of nitrogens with zero attached hydrogens (tertiary/aromatic N) is 1. The summed E-state index contributed by atoms with van der Waals surface area (Å²) in [6.45, 7) is 9.62. The van der Waals surface area contributed by atoms with Crippen LogP contribution in [0, 0.1) is 5.92 Å². The zero-order chi connectivity index (χ0) is 15.7. The second-order valence-corrected chi connectivity index (χ2v) is 9.44. The molecule has 3 rings (SSSR count). The van der Waals surface area contributed by atoms with Gasteiger partial charge in [-0.25, -0.2) is 0 Å². The van der Waals surface area contributed by atoms with Crippen molar-refractivity contribution in [2.45, 2.75) is 64.6 Å². The van der Waals surface area contributed by atoms with Crippen LogP contribution in [-0.4, -0.2) is 17.4 Å². The first-order valence-corrected chi connectivity index (χ1v) is 10.1. The molecule has 2 aliphatic heterocycles. The molecule has 0 saturated carbocycles. The third-order valence-corrected chi connectivity index (χ3v) is 7.15. The Bertz CT molecular complexity index is 565. The van der Waals surface area contributed by atoms with Crippen LogP contribution in [0.2, 0.25) is 0 Å². The van der Waals surface area contributed by atoms with Gasteiger partial charge in [-0.3, -0.25) is 0 Å². The van der Waals surface area contributed by atoms with Crippen LogP contribution in [0.25, 0.3) is 0 Å². The van der Waals surface area contributed by atoms with Crippen LogP contribution in [0.3, 0.4) is 0 Å². The number of benzene rings is 1. The maximum absolute atomic E-state index is 2.62. The van der Waals surface area contributed by atoms with Crippen molar-refractivity contribution in [3.63, 3.8) is 0 Å². The molecule has 2 heterocycles. The van der Waals surface area contributed by atoms with Gasteiger partial charge in [0.05, 0.1) is 0 Å². The fraction of sp³-hybridized carbons (Fsp3) is 0.600. The average Bonchev–Trinajstić information content (AvgIpc) is 2.69. The van der Waals surface area contributed by atoms with Gasteiger partial charge in [-0.15, -0.1) is 8.58 Å². The minimum absolute atomic E-state index is 0.419. The molecule has 0 amide bonds. The quantitative estimate of drug-likeness (QED) is 0.677. The first-order valence-electron chi connectivity index (χ1n) is 8.91. The van der Waals surface area contributed by atoms with Gasteiger partial charge >= 0.3 is 0 Å². The van der Waals surface area contributed by atoms with Crippen LogP contribution < -0.4 is 4.90 Å². The first kappa shape index (κ1) is 16.1. The summed E-state index contributed by atoms with van der Waals surface area (Å²) in [5.41, 5.74) is 4.51. The molecule has 0 spiro atoms. The minimum atomic E-state index is 0.419. The molecule has 4 atom stereocenters. The lowest BCUT2D eigenvalue weighted by Gasteiger charge is -2.51. The van der Waals surface area contributed by atoms with E-state index in [1.807, 2.05) is 0 Å². The van der Waals surface area contributed by atoms with Gasteiger partial charge in [-0.05, 0) is 55.0 Å². The molecule has 2 aliphatic rings. The highest BCUT2D eigenvalue weighted by Crippen LogP contribution is 2.50. The summed E-state index contributed by atoms with van der Waals surface area (Å²) < 4.78 is 0. The molecule has 0 saturated heterocycles. The van der Waals surface area contributed by atoms with Gasteiger partial charge in [0.2, 0.25) is 0 Å². The van der Waals surface area contributed by atoms with E-state index >= 15 is 0 Å². The number of hydrogen-bond acceptors (Lipinski definition) is 1. The normalized spacial score (nSPS) is 31.2. The van der Waals surface area contributed by atoms with Crippen molar-refractivity contribution < 1.29 is 0 Å². The van der Waals surface area contributed by atoms with E-state index in [4.69, 9.17) is 0 Å². The molecule has 1 aromatic carbocycles. The largest absolute Gasteiger partial charge is 0.344 e. The van der Waals surface area contributed by atoms with Gasteiger partial charge in [0.25, 0.3) is 0 Å². The Hall–Kier alpha value is -0.810. The Morgan fingerprint density at radius 3 is 2.86 bits per heavy atom. The molecule has 120 valence electrons. The first-order chi connectivity index (χ1) is 10.6. The van der Waals surface area contributed by atoms with E-state index in [2.05, 4.69) is 63.1 Å². The number of rotatable bonds is 3. The van der Waals surface area contributed by atoms with Gasteiger partial charge in [-0.1, -0.05) is 45.9 Å². The van der Waals surface area contributed by atoms with Crippen molar-refractivity contribution in [1.82, 2.24) is 0 Å². The van der Waals surface area contributed by atoms with Crippen molar-refractivity contribution in [3.05, 3.63) is 41.6 Å². The van der Waals surface area contributed by atoms with E-state index in [1.165, 1.54) is 36.7 Å². The Morgan fingerprint density at radius 2 is 2.14 bits per heavy atom. The maximum Gasteiger partial charge on any atom is 0.0455 e. The zero-order valence-electron chi connectivity index (χ0n) is 14.5. The Labute approximate surface area is 138 Å². The van der Waals surface area contributed by atoms with Crippen LogP contribution in [0.1, 0.15) is 51.7 Å². The molecule has 0 fully saturated rings. The summed E-state index contributed by atoms with van der Waals surface area (Å²) in [5.74, 6) is 0.762. The van der Waals surface area contributed by atoms with Crippen LogP contribution in [0.4, 0.5) is 5.69 Å². The zero-order valence-corrected chi connectivity index (χ0v) is 15.5. The molecule has 22 heavy (non-hydrogen) atoms. The SMILES string of the molecule is CCPC1(C)Cc2cc(CC)ccc2N2C=CCCC(C)C21. The molecular weight excluding hydrogens is 285 g/mol. The van der Waals surface area contributed by atoms with Crippen molar-refractivity contribution in [3.8, 4) is 0 Å². The lowest BCUT2D eigenvalue weighted by molar-refractivity contribution is 0.343. The summed E-state index contributed by atoms with van der Waals surface area (Å²) >= 11 is 0. The standard InChI is InChI=1S/C20H30NP/c1-5-16-10-11-18-17(13-16)14-20(4,22-6-2)19-15(3)9-7-8-12-21(18)19/h8,10-13,15,19,22H,5-7,9,14H2,1-4H3. The molecule has 0 aromatic heterocycles. The topological polar surface area (TPSA) is 3.24 Å². The van der Waals surface area contributed by atoms with Crippen molar-refractivity contribution >= 4 is 14.3 Å². The monoisotopic (exact) mass is 315 g/mol. The Morgan fingerprint density at radius 1 is 1.32 bits per heavy atom. The molecule has 0 N–H and O–H groups in total. The predicted molar refractivity (Wildman–Crippen MR) is 101 cm³/mol. The fourth-order valence-corrected chi connectivity index (χ4v) is 6.32. The summed E-state index contributed by atoms with van der Waals surface area (Å²) in [6.07, 6.45) is 11.0. The van der Waals surface area contributed by atoms with E-state index < -0.39 is 0 Å². The van der Waals surface area contributed by atoms with E-state index in [9.17, 15) is 0 Å². The van der Waals surface area contributed by atoms with Crippen molar-refractivity contribution in [2.75, 3.05) is 11.1 Å². The third-order valence-electron chi connectivity index (χ3n) is 5.51. The van der Waals surface area contributed by atoms with Gasteiger partial charge in [0.15, 0.2) is 0 Å². The summed E-state index contributed by atoms with van der Waals surface area (Å²) in [4.78, 5) is 2.62. The maximum atomic E-state index is 2.62. The lowest BCUT2D eigenvalue weighted by atomic mass is 9.79. The summed E-state index contributed by atoms with van der Waals surface area (Å²) in [7, 11) is 1.04. The molecule has 0 aliphatic carbocycles. The van der Waals surface area contributed by atoms with Crippen LogP contribution >= 0.6 is 8.58 Å². The van der Waals surface area contributed by atoms with Crippen molar-refractivity contribution in [2.24, 2.45) is 5.92 Å². The van der Waals surface area contributed by atoms with E-state index in [-0.39, 0.29) is 0 Å². The number of allylic oxidation sites excluding steroid dienone is 1. The number of hydrogen-bond donors (Lipinski definition) is 0. The van der Waals surface area contributed by atoms with Gasteiger partial charge < -0.3 is 4.90 Å². The Balaban J connectivity index is 2.11. The van der Waals surface area contributed by atoms with E-state index in [1.54, 1.807) is 5.56 Å². The van der Waals surface area contributed by atoms with Crippen LogP contribution in [-0.2, 0) is 12.8 Å². The van der Waals surface area contributed by atoms with Gasteiger partial charge in [0.1, 0.15) is 0 Å². The highest BCUT2D eigenvalue weighted by Gasteiger charge is 2.45. The molecule has 0 bridgehead atoms. The fourth-order valence-electron chi connectivity index (χ4n) is 4.56. The minimum Gasteiger partial charge on any atom is -0.344 e. The molecule has 1 nitrogen and oxygen atoms in total. The molecule has 0 radical (unpaired) electrons. The summed E-state index contributed by atoms with van der Waals surface area (Å²) in [5, 5.41) is 0.419. The van der Waals surface area contributed by atoms with Crippen LogP contribution in [0.15, 0.2) is 30.5 Å². The van der Waals surface area contributed by atoms with Crippen LogP contribution in [0.5, 0.6) is 0 Å². The second kappa shape index (κ2) is 6.36. The van der Waals surface area contributed by atoms with Crippen molar-refractivity contribution in [1.29, 1.82) is 0 Å². The molecular formula is C20H30NP. The third kappa shape index (κ3) is 2.73.